The van der Waals surface area contributed by atoms with Crippen LogP contribution in [0.3, 0.4) is 0 Å². The number of benzene rings is 2. The molecule has 0 aromatic heterocycles. The Morgan fingerprint density at radius 3 is 2.52 bits per heavy atom. The van der Waals surface area contributed by atoms with Crippen molar-refractivity contribution in [1.82, 2.24) is 0 Å². The second-order valence-corrected chi connectivity index (χ2v) is 5.02. The Labute approximate surface area is 133 Å². The highest BCUT2D eigenvalue weighted by Gasteiger charge is 2.17. The van der Waals surface area contributed by atoms with Crippen LogP contribution in [0.4, 0.5) is 5.69 Å². The number of aliphatic hydroxyl groups excluding tert-OH is 1. The number of carbonyl (C=O) groups is 1. The molecule has 120 valence electrons. The first-order valence-electron chi connectivity index (χ1n) is 7.15. The van der Waals surface area contributed by atoms with Crippen molar-refractivity contribution in [2.45, 2.75) is 19.8 Å². The molecule has 23 heavy (non-hydrogen) atoms. The van der Waals surface area contributed by atoms with Crippen LogP contribution in [0.25, 0.3) is 0 Å². The van der Waals surface area contributed by atoms with Crippen molar-refractivity contribution in [2.75, 3.05) is 6.61 Å². The summed E-state index contributed by atoms with van der Waals surface area (Å²) in [5.74, 6) is -0.100. The van der Waals surface area contributed by atoms with Gasteiger partial charge in [0.25, 0.3) is 5.69 Å². The van der Waals surface area contributed by atoms with Gasteiger partial charge in [0.05, 0.1) is 4.92 Å². The molecule has 0 spiro atoms. The van der Waals surface area contributed by atoms with E-state index in [1.807, 2.05) is 6.07 Å². The summed E-state index contributed by atoms with van der Waals surface area (Å²) in [4.78, 5) is 22.0. The first kappa shape index (κ1) is 16.6. The lowest BCUT2D eigenvalue weighted by atomic mass is 9.96. The number of ether oxygens (including phenoxy) is 1. The van der Waals surface area contributed by atoms with Gasteiger partial charge in [-0.3, -0.25) is 14.9 Å². The molecule has 0 bridgehead atoms. The van der Waals surface area contributed by atoms with Gasteiger partial charge in [-0.15, -0.1) is 0 Å². The van der Waals surface area contributed by atoms with Crippen LogP contribution in [-0.2, 0) is 17.6 Å². The zero-order chi connectivity index (χ0) is 16.8. The number of hydrogen-bond donors (Lipinski definition) is 1. The molecule has 0 saturated carbocycles. The van der Waals surface area contributed by atoms with Gasteiger partial charge >= 0.3 is 5.97 Å². The fraction of sp³-hybridized carbons (Fsp3) is 0.235. The van der Waals surface area contributed by atoms with Crippen LogP contribution in [0.1, 0.15) is 23.6 Å². The van der Waals surface area contributed by atoms with Crippen LogP contribution in [0.15, 0.2) is 42.5 Å². The molecule has 2 rings (SSSR count). The zero-order valence-electron chi connectivity index (χ0n) is 12.7. The van der Waals surface area contributed by atoms with Crippen LogP contribution in [0.5, 0.6) is 5.75 Å². The van der Waals surface area contributed by atoms with Gasteiger partial charge in [-0.1, -0.05) is 30.3 Å². The number of rotatable bonds is 6. The number of carbonyl (C=O) groups excluding carboxylic acids is 1. The standard InChI is InChI=1S/C17H17NO5/c1-12(20)23-17-8-4-6-13(9-10-19)15(17)11-14-5-2-3-7-16(14)18(21)22/h2-8,19H,9-11H2,1H3. The van der Waals surface area contributed by atoms with E-state index < -0.39 is 10.9 Å². The van der Waals surface area contributed by atoms with Crippen LogP contribution in [0.2, 0.25) is 0 Å². The summed E-state index contributed by atoms with van der Waals surface area (Å²) >= 11 is 0. The first-order chi connectivity index (χ1) is 11.0. The van der Waals surface area contributed by atoms with Crippen LogP contribution >= 0.6 is 0 Å². The molecule has 2 aromatic rings. The largest absolute Gasteiger partial charge is 0.426 e. The molecule has 0 radical (unpaired) electrons. The normalized spacial score (nSPS) is 10.3. The van der Waals surface area contributed by atoms with E-state index in [2.05, 4.69) is 0 Å². The van der Waals surface area contributed by atoms with Crippen molar-refractivity contribution in [3.8, 4) is 5.75 Å². The lowest BCUT2D eigenvalue weighted by Gasteiger charge is -2.14. The lowest BCUT2D eigenvalue weighted by molar-refractivity contribution is -0.385. The maximum absolute atomic E-state index is 11.3. The number of hydrogen-bond acceptors (Lipinski definition) is 5. The maximum atomic E-state index is 11.3. The van der Waals surface area contributed by atoms with Crippen molar-refractivity contribution in [3.05, 3.63) is 69.3 Å². The average molecular weight is 315 g/mol. The highest BCUT2D eigenvalue weighted by Crippen LogP contribution is 2.29. The minimum absolute atomic E-state index is 0.0140. The van der Waals surface area contributed by atoms with Gasteiger partial charge in [-0.25, -0.2) is 0 Å². The highest BCUT2D eigenvalue weighted by atomic mass is 16.6. The summed E-state index contributed by atoms with van der Waals surface area (Å²) in [6, 6.07) is 11.6. The van der Waals surface area contributed by atoms with Gasteiger partial charge < -0.3 is 9.84 Å². The molecule has 1 N–H and O–H groups in total. The summed E-state index contributed by atoms with van der Waals surface area (Å²) in [5.41, 5.74) is 2.01. The zero-order valence-corrected chi connectivity index (χ0v) is 12.7. The van der Waals surface area contributed by atoms with Crippen molar-refractivity contribution in [2.24, 2.45) is 0 Å². The highest BCUT2D eigenvalue weighted by molar-refractivity contribution is 5.70. The van der Waals surface area contributed by atoms with E-state index >= 15 is 0 Å². The summed E-state index contributed by atoms with van der Waals surface area (Å²) in [6.45, 7) is 1.24. The number of aliphatic hydroxyl groups is 1. The van der Waals surface area contributed by atoms with Crippen LogP contribution in [0, 0.1) is 10.1 Å². The quantitative estimate of drug-likeness (QED) is 0.383. The van der Waals surface area contributed by atoms with Gasteiger partial charge in [0.2, 0.25) is 0 Å². The van der Waals surface area contributed by atoms with Gasteiger partial charge in [-0.05, 0) is 18.1 Å². The topological polar surface area (TPSA) is 89.7 Å². The molecular weight excluding hydrogens is 298 g/mol. The number of esters is 1. The summed E-state index contributed by atoms with van der Waals surface area (Å²) < 4.78 is 5.21. The average Bonchev–Trinajstić information content (AvgIpc) is 2.50. The number of nitrogens with zero attached hydrogens (tertiary/aromatic N) is 1. The fourth-order valence-electron chi connectivity index (χ4n) is 2.45. The molecule has 6 nitrogen and oxygen atoms in total. The number of nitro benzene ring substituents is 1. The third-order valence-electron chi connectivity index (χ3n) is 3.42. The van der Waals surface area contributed by atoms with E-state index in [1.54, 1.807) is 30.3 Å². The Kier molecular flexibility index (Phi) is 5.43. The maximum Gasteiger partial charge on any atom is 0.308 e. The third kappa shape index (κ3) is 4.14. The Morgan fingerprint density at radius 1 is 1.17 bits per heavy atom. The van der Waals surface area contributed by atoms with E-state index in [9.17, 15) is 20.0 Å². The third-order valence-corrected chi connectivity index (χ3v) is 3.42. The molecule has 0 aliphatic heterocycles. The molecule has 0 atom stereocenters. The predicted molar refractivity (Wildman–Crippen MR) is 84.4 cm³/mol. The summed E-state index contributed by atoms with van der Waals surface area (Å²) in [7, 11) is 0. The second-order valence-electron chi connectivity index (χ2n) is 5.02. The fourth-order valence-corrected chi connectivity index (χ4v) is 2.45. The summed E-state index contributed by atoms with van der Waals surface area (Å²) in [6.07, 6.45) is 0.626. The van der Waals surface area contributed by atoms with Crippen LogP contribution < -0.4 is 4.74 Å². The molecule has 0 fully saturated rings. The number of para-hydroxylation sites is 1. The first-order valence-corrected chi connectivity index (χ1v) is 7.15. The van der Waals surface area contributed by atoms with E-state index in [0.29, 0.717) is 23.3 Å². The van der Waals surface area contributed by atoms with Crippen molar-refractivity contribution in [1.29, 1.82) is 0 Å². The SMILES string of the molecule is CC(=O)Oc1cccc(CCO)c1Cc1ccccc1[N+](=O)[O-]. The monoisotopic (exact) mass is 315 g/mol. The Bertz CT molecular complexity index is 727. The lowest BCUT2D eigenvalue weighted by Crippen LogP contribution is -2.08. The van der Waals surface area contributed by atoms with E-state index in [-0.39, 0.29) is 18.7 Å². The molecule has 0 amide bonds. The summed E-state index contributed by atoms with van der Waals surface area (Å²) in [5, 5.41) is 20.4. The Hall–Kier alpha value is -2.73. The van der Waals surface area contributed by atoms with Gasteiger partial charge in [0.15, 0.2) is 0 Å². The van der Waals surface area contributed by atoms with Crippen molar-refractivity contribution >= 4 is 11.7 Å². The molecule has 0 aliphatic rings. The Morgan fingerprint density at radius 2 is 1.87 bits per heavy atom. The van der Waals surface area contributed by atoms with E-state index in [1.165, 1.54) is 13.0 Å². The molecule has 0 unspecified atom stereocenters. The predicted octanol–water partition coefficient (Wildman–Crippen LogP) is 2.65. The van der Waals surface area contributed by atoms with Crippen molar-refractivity contribution < 1.29 is 19.6 Å². The minimum Gasteiger partial charge on any atom is -0.426 e. The molecule has 0 saturated heterocycles. The molecule has 6 heteroatoms. The van der Waals surface area contributed by atoms with Gasteiger partial charge in [-0.2, -0.15) is 0 Å². The second kappa shape index (κ2) is 7.51. The Balaban J connectivity index is 2.49. The van der Waals surface area contributed by atoms with Gasteiger partial charge in [0, 0.05) is 37.1 Å². The molecule has 0 aliphatic carbocycles. The molecule has 2 aromatic carbocycles. The van der Waals surface area contributed by atoms with Gasteiger partial charge in [0.1, 0.15) is 5.75 Å². The van der Waals surface area contributed by atoms with E-state index in [0.717, 1.165) is 5.56 Å². The molecule has 0 heterocycles. The number of nitro groups is 1. The van der Waals surface area contributed by atoms with E-state index in [4.69, 9.17) is 4.74 Å². The minimum atomic E-state index is -0.463. The van der Waals surface area contributed by atoms with Crippen LogP contribution in [-0.4, -0.2) is 22.6 Å². The smallest absolute Gasteiger partial charge is 0.308 e. The molecular formula is C17H17NO5. The van der Waals surface area contributed by atoms with Crippen molar-refractivity contribution in [3.63, 3.8) is 0 Å².